The van der Waals surface area contributed by atoms with Gasteiger partial charge in [0.25, 0.3) is 5.91 Å². The number of rotatable bonds is 8. The van der Waals surface area contributed by atoms with Gasteiger partial charge in [0.15, 0.2) is 0 Å². The number of carbonyl (C=O) groups is 2. The first-order valence-electron chi connectivity index (χ1n) is 10.5. The van der Waals surface area contributed by atoms with E-state index in [2.05, 4.69) is 15.6 Å². The molecule has 0 saturated carbocycles. The highest BCUT2D eigenvalue weighted by atomic mass is 16.5. The Morgan fingerprint density at radius 2 is 1.75 bits per heavy atom. The molecule has 6 nitrogen and oxygen atoms in total. The summed E-state index contributed by atoms with van der Waals surface area (Å²) >= 11 is 0. The Kier molecular flexibility index (Phi) is 6.51. The third-order valence-corrected chi connectivity index (χ3v) is 5.31. The molecule has 32 heavy (non-hydrogen) atoms. The van der Waals surface area contributed by atoms with Gasteiger partial charge in [-0.2, -0.15) is 0 Å². The van der Waals surface area contributed by atoms with E-state index < -0.39 is 0 Å². The third kappa shape index (κ3) is 4.98. The molecule has 0 spiro atoms. The molecular weight excluding hydrogens is 402 g/mol. The molecule has 0 bridgehead atoms. The molecule has 0 fully saturated rings. The SMILES string of the molecule is COc1ccc2[nH]cc(CC(=O)Nc3ccccc3C(=O)NCCc3ccccc3)c2c1. The molecule has 3 N–H and O–H groups in total. The standard InChI is InChI=1S/C26H25N3O3/c1-32-20-11-12-23-22(16-20)19(17-28-23)15-25(30)29-24-10-6-5-9-21(24)26(31)27-14-13-18-7-3-2-4-8-18/h2-12,16-17,28H,13-15H2,1H3,(H,27,31)(H,29,30). The van der Waals surface area contributed by atoms with Crippen molar-refractivity contribution in [2.24, 2.45) is 0 Å². The van der Waals surface area contributed by atoms with Crippen molar-refractivity contribution in [1.82, 2.24) is 10.3 Å². The van der Waals surface area contributed by atoms with Crippen molar-refractivity contribution in [2.45, 2.75) is 12.8 Å². The number of anilines is 1. The van der Waals surface area contributed by atoms with Gasteiger partial charge in [-0.3, -0.25) is 9.59 Å². The molecular formula is C26H25N3O3. The van der Waals surface area contributed by atoms with Gasteiger partial charge in [0.2, 0.25) is 5.91 Å². The number of nitrogens with one attached hydrogen (secondary N) is 3. The number of amides is 2. The van der Waals surface area contributed by atoms with Gasteiger partial charge < -0.3 is 20.4 Å². The van der Waals surface area contributed by atoms with Crippen LogP contribution in [0.25, 0.3) is 10.9 Å². The summed E-state index contributed by atoms with van der Waals surface area (Å²) in [5, 5.41) is 6.76. The van der Waals surface area contributed by atoms with Crippen molar-refractivity contribution in [2.75, 3.05) is 19.0 Å². The first-order chi connectivity index (χ1) is 15.6. The Bertz CT molecular complexity index is 1230. The minimum Gasteiger partial charge on any atom is -0.497 e. The molecule has 162 valence electrons. The molecule has 4 aromatic rings. The fourth-order valence-electron chi connectivity index (χ4n) is 3.65. The summed E-state index contributed by atoms with van der Waals surface area (Å²) in [6.07, 6.45) is 2.74. The lowest BCUT2D eigenvalue weighted by Gasteiger charge is -2.11. The van der Waals surface area contributed by atoms with Gasteiger partial charge in [-0.15, -0.1) is 0 Å². The van der Waals surface area contributed by atoms with Crippen LogP contribution in [0.5, 0.6) is 5.75 Å². The van der Waals surface area contributed by atoms with E-state index in [1.54, 1.807) is 31.4 Å². The van der Waals surface area contributed by atoms with Crippen LogP contribution in [0.3, 0.4) is 0 Å². The second-order valence-corrected chi connectivity index (χ2v) is 7.49. The van der Waals surface area contributed by atoms with Crippen molar-refractivity contribution in [3.8, 4) is 5.75 Å². The third-order valence-electron chi connectivity index (χ3n) is 5.31. The van der Waals surface area contributed by atoms with Crippen LogP contribution in [0, 0.1) is 0 Å². The summed E-state index contributed by atoms with van der Waals surface area (Å²) in [6, 6.07) is 22.7. The maximum Gasteiger partial charge on any atom is 0.253 e. The molecule has 2 amide bonds. The van der Waals surface area contributed by atoms with Gasteiger partial charge in [-0.25, -0.2) is 0 Å². The first-order valence-corrected chi connectivity index (χ1v) is 10.5. The number of ether oxygens (including phenoxy) is 1. The molecule has 0 radical (unpaired) electrons. The molecule has 6 heteroatoms. The zero-order chi connectivity index (χ0) is 22.3. The molecule has 1 heterocycles. The van der Waals surface area contributed by atoms with Crippen LogP contribution in [0.4, 0.5) is 5.69 Å². The Labute approximate surface area is 186 Å². The predicted octanol–water partition coefficient (Wildman–Crippen LogP) is 4.33. The largest absolute Gasteiger partial charge is 0.497 e. The van der Waals surface area contributed by atoms with E-state index in [0.29, 0.717) is 17.8 Å². The molecule has 1 aromatic heterocycles. The number of methoxy groups -OCH3 is 1. The van der Waals surface area contributed by atoms with E-state index in [1.807, 2.05) is 54.7 Å². The van der Waals surface area contributed by atoms with E-state index >= 15 is 0 Å². The molecule has 0 saturated heterocycles. The summed E-state index contributed by atoms with van der Waals surface area (Å²) in [5.41, 5.74) is 3.89. The maximum atomic E-state index is 12.8. The minimum atomic E-state index is -0.214. The Morgan fingerprint density at radius 3 is 2.56 bits per heavy atom. The summed E-state index contributed by atoms with van der Waals surface area (Å²) in [7, 11) is 1.61. The van der Waals surface area contributed by atoms with Crippen LogP contribution >= 0.6 is 0 Å². The molecule has 0 aliphatic rings. The Hall–Kier alpha value is -4.06. The zero-order valence-corrected chi connectivity index (χ0v) is 17.9. The van der Waals surface area contributed by atoms with Crippen LogP contribution in [0.15, 0.2) is 79.0 Å². The number of aromatic nitrogens is 1. The maximum absolute atomic E-state index is 12.8. The lowest BCUT2D eigenvalue weighted by molar-refractivity contribution is -0.115. The van der Waals surface area contributed by atoms with E-state index in [4.69, 9.17) is 4.74 Å². The highest BCUT2D eigenvalue weighted by molar-refractivity contribution is 6.04. The summed E-state index contributed by atoms with van der Waals surface area (Å²) in [5.74, 6) is 0.322. The minimum absolute atomic E-state index is 0.178. The number of para-hydroxylation sites is 1. The second kappa shape index (κ2) is 9.83. The molecule has 0 aliphatic carbocycles. The molecule has 0 atom stereocenters. The number of carbonyl (C=O) groups excluding carboxylic acids is 2. The van der Waals surface area contributed by atoms with E-state index in [-0.39, 0.29) is 18.2 Å². The normalized spacial score (nSPS) is 10.7. The highest BCUT2D eigenvalue weighted by Gasteiger charge is 2.15. The highest BCUT2D eigenvalue weighted by Crippen LogP contribution is 2.24. The molecule has 0 unspecified atom stereocenters. The number of fused-ring (bicyclic) bond motifs is 1. The summed E-state index contributed by atoms with van der Waals surface area (Å²) in [4.78, 5) is 28.7. The summed E-state index contributed by atoms with van der Waals surface area (Å²) in [6.45, 7) is 0.516. The van der Waals surface area contributed by atoms with Crippen LogP contribution in [-0.2, 0) is 17.6 Å². The van der Waals surface area contributed by atoms with Crippen LogP contribution < -0.4 is 15.4 Å². The number of hydrogen-bond donors (Lipinski definition) is 3. The average molecular weight is 428 g/mol. The zero-order valence-electron chi connectivity index (χ0n) is 17.9. The van der Waals surface area contributed by atoms with Gasteiger partial charge in [0.05, 0.1) is 24.8 Å². The monoisotopic (exact) mass is 427 g/mol. The lowest BCUT2D eigenvalue weighted by atomic mass is 10.1. The average Bonchev–Trinajstić information content (AvgIpc) is 3.21. The van der Waals surface area contributed by atoms with Crippen LogP contribution in [0.1, 0.15) is 21.5 Å². The van der Waals surface area contributed by atoms with Crippen molar-refractivity contribution < 1.29 is 14.3 Å². The Balaban J connectivity index is 1.41. The smallest absolute Gasteiger partial charge is 0.253 e. The lowest BCUT2D eigenvalue weighted by Crippen LogP contribution is -2.27. The fourth-order valence-corrected chi connectivity index (χ4v) is 3.65. The fraction of sp³-hybridized carbons (Fsp3) is 0.154. The van der Waals surface area contributed by atoms with Crippen molar-refractivity contribution in [3.05, 3.63) is 95.7 Å². The quantitative estimate of drug-likeness (QED) is 0.391. The van der Waals surface area contributed by atoms with Crippen LogP contribution in [-0.4, -0.2) is 30.5 Å². The van der Waals surface area contributed by atoms with E-state index in [1.165, 1.54) is 0 Å². The van der Waals surface area contributed by atoms with Crippen molar-refractivity contribution >= 4 is 28.4 Å². The molecule has 4 rings (SSSR count). The number of hydrogen-bond acceptors (Lipinski definition) is 3. The number of H-pyrrole nitrogens is 1. The predicted molar refractivity (Wildman–Crippen MR) is 126 cm³/mol. The number of benzene rings is 3. The van der Waals surface area contributed by atoms with Crippen molar-refractivity contribution in [1.29, 1.82) is 0 Å². The molecule has 0 aliphatic heterocycles. The topological polar surface area (TPSA) is 83.2 Å². The van der Waals surface area contributed by atoms with E-state index in [0.717, 1.165) is 34.2 Å². The summed E-state index contributed by atoms with van der Waals surface area (Å²) < 4.78 is 5.29. The van der Waals surface area contributed by atoms with E-state index in [9.17, 15) is 9.59 Å². The second-order valence-electron chi connectivity index (χ2n) is 7.49. The first kappa shape index (κ1) is 21.2. The van der Waals surface area contributed by atoms with Crippen molar-refractivity contribution in [3.63, 3.8) is 0 Å². The van der Waals surface area contributed by atoms with Crippen LogP contribution in [0.2, 0.25) is 0 Å². The van der Waals surface area contributed by atoms with Gasteiger partial charge in [-0.1, -0.05) is 42.5 Å². The molecule has 3 aromatic carbocycles. The van der Waals surface area contributed by atoms with Gasteiger partial charge in [0, 0.05) is 23.6 Å². The number of aromatic amines is 1. The Morgan fingerprint density at radius 1 is 0.969 bits per heavy atom. The van der Waals surface area contributed by atoms with Gasteiger partial charge in [0.1, 0.15) is 5.75 Å². The van der Waals surface area contributed by atoms with Gasteiger partial charge >= 0.3 is 0 Å². The van der Waals surface area contributed by atoms with Gasteiger partial charge in [-0.05, 0) is 47.9 Å².